The van der Waals surface area contributed by atoms with Gasteiger partial charge in [-0.1, -0.05) is 5.16 Å². The van der Waals surface area contributed by atoms with E-state index in [1.807, 2.05) is 28.1 Å². The lowest BCUT2D eigenvalue weighted by Gasteiger charge is -2.15. The van der Waals surface area contributed by atoms with Crippen LogP contribution in [0.5, 0.6) is 0 Å². The molecule has 0 aromatic heterocycles. The fourth-order valence-corrected chi connectivity index (χ4v) is 2.55. The zero-order valence-electron chi connectivity index (χ0n) is 14.4. The van der Waals surface area contributed by atoms with Crippen molar-refractivity contribution in [3.63, 3.8) is 0 Å². The van der Waals surface area contributed by atoms with Crippen LogP contribution in [0.3, 0.4) is 0 Å². The Morgan fingerprint density at radius 1 is 1.29 bits per heavy atom. The van der Waals surface area contributed by atoms with E-state index in [9.17, 15) is 18.0 Å². The molecule has 1 amide bonds. The lowest BCUT2D eigenvalue weighted by atomic mass is 10.1. The molecule has 2 rings (SSSR count). The summed E-state index contributed by atoms with van der Waals surface area (Å²) in [4.78, 5) is 21.5. The smallest absolute Gasteiger partial charge is 0.277 e. The minimum absolute atomic E-state index is 0.164. The quantitative estimate of drug-likeness (QED) is 0.220. The lowest BCUT2D eigenvalue weighted by molar-refractivity contribution is 0.0168. The Kier molecular flexibility index (Phi) is 8.02. The fraction of sp³-hybridized carbons (Fsp3) is 0.176. The fourth-order valence-electron chi connectivity index (χ4n) is 2.09. The van der Waals surface area contributed by atoms with Crippen molar-refractivity contribution in [2.75, 3.05) is 25.6 Å². The third kappa shape index (κ3) is 5.33. The van der Waals surface area contributed by atoms with Crippen molar-refractivity contribution < 1.29 is 32.7 Å². The molecule has 0 fully saturated rings. The lowest BCUT2D eigenvalue weighted by Crippen LogP contribution is -2.26. The van der Waals surface area contributed by atoms with Crippen molar-refractivity contribution in [1.82, 2.24) is 5.48 Å². The summed E-state index contributed by atoms with van der Waals surface area (Å²) in [5, 5.41) is 14.4. The summed E-state index contributed by atoms with van der Waals surface area (Å²) in [6.45, 7) is -0.593. The molecule has 0 saturated carbocycles. The van der Waals surface area contributed by atoms with E-state index in [4.69, 9.17) is 9.94 Å². The number of nitrogens with zero attached hydrogens (tertiary/aromatic N) is 1. The van der Waals surface area contributed by atoms with E-state index in [0.29, 0.717) is 3.57 Å². The number of rotatable bonds is 8. The Hall–Kier alpha value is -2.38. The SMILES string of the molecule is CO/N=C/c1cc(C(=O)NOCCO)c(Nc2ccc(I)cc2F)c(F)c1F. The van der Waals surface area contributed by atoms with Crippen LogP contribution in [-0.2, 0) is 9.68 Å². The van der Waals surface area contributed by atoms with Gasteiger partial charge in [-0.3, -0.25) is 9.63 Å². The van der Waals surface area contributed by atoms with Crippen molar-refractivity contribution in [3.8, 4) is 0 Å². The van der Waals surface area contributed by atoms with E-state index >= 15 is 0 Å². The summed E-state index contributed by atoms with van der Waals surface area (Å²) in [6, 6.07) is 5.04. The highest BCUT2D eigenvalue weighted by Crippen LogP contribution is 2.30. The van der Waals surface area contributed by atoms with Crippen LogP contribution in [0.4, 0.5) is 24.5 Å². The second kappa shape index (κ2) is 10.2. The van der Waals surface area contributed by atoms with Crippen LogP contribution in [0.15, 0.2) is 29.4 Å². The molecule has 11 heteroatoms. The van der Waals surface area contributed by atoms with Gasteiger partial charge in [0.2, 0.25) is 0 Å². The third-order valence-corrected chi connectivity index (χ3v) is 4.00. The molecule has 0 spiro atoms. The molecular weight excluding hydrogens is 494 g/mol. The number of hydroxylamine groups is 1. The van der Waals surface area contributed by atoms with Gasteiger partial charge in [-0.25, -0.2) is 18.7 Å². The summed E-state index contributed by atoms with van der Waals surface area (Å²) in [6.07, 6.45) is 0.874. The normalized spacial score (nSPS) is 10.9. The maximum atomic E-state index is 14.7. The molecule has 2 aromatic rings. The summed E-state index contributed by atoms with van der Waals surface area (Å²) in [7, 11) is 1.20. The van der Waals surface area contributed by atoms with Gasteiger partial charge in [-0.05, 0) is 46.9 Å². The molecule has 0 atom stereocenters. The summed E-state index contributed by atoms with van der Waals surface area (Å²) < 4.78 is 43.7. The number of aliphatic hydroxyl groups is 1. The van der Waals surface area contributed by atoms with Crippen LogP contribution in [0.1, 0.15) is 15.9 Å². The van der Waals surface area contributed by atoms with Crippen LogP contribution < -0.4 is 10.8 Å². The Morgan fingerprint density at radius 2 is 2.04 bits per heavy atom. The molecule has 28 heavy (non-hydrogen) atoms. The largest absolute Gasteiger partial charge is 0.399 e. The maximum absolute atomic E-state index is 14.7. The third-order valence-electron chi connectivity index (χ3n) is 3.33. The average Bonchev–Trinajstić information content (AvgIpc) is 2.66. The minimum Gasteiger partial charge on any atom is -0.399 e. The molecule has 0 aliphatic heterocycles. The van der Waals surface area contributed by atoms with Gasteiger partial charge in [0.25, 0.3) is 5.91 Å². The molecular formula is C17H15F3IN3O4. The number of amides is 1. The highest BCUT2D eigenvalue weighted by Gasteiger charge is 2.23. The molecule has 0 bridgehead atoms. The first-order valence-corrected chi connectivity index (χ1v) is 8.80. The van der Waals surface area contributed by atoms with Gasteiger partial charge in [-0.2, -0.15) is 0 Å². The Bertz CT molecular complexity index is 896. The number of benzene rings is 2. The molecule has 0 saturated heterocycles. The predicted octanol–water partition coefficient (Wildman–Crippen LogP) is 3.09. The zero-order valence-corrected chi connectivity index (χ0v) is 16.6. The standard InChI is InChI=1S/C17H15F3IN3O4/c1-27-22-8-9-6-11(17(26)24-28-5-4-25)16(15(20)14(9)19)23-13-3-2-10(21)7-12(13)18/h2-3,6-8,23,25H,4-5H2,1H3,(H,24,26)/b22-8+. The molecule has 2 aromatic carbocycles. The van der Waals surface area contributed by atoms with Crippen molar-refractivity contribution >= 4 is 46.1 Å². The molecule has 0 aliphatic carbocycles. The number of carbonyl (C=O) groups excluding carboxylic acids is 1. The summed E-state index contributed by atoms with van der Waals surface area (Å²) in [5.74, 6) is -4.42. The number of nitrogens with one attached hydrogen (secondary N) is 2. The summed E-state index contributed by atoms with van der Waals surface area (Å²) in [5.41, 5.74) is 0.460. The Labute approximate surface area is 171 Å². The Morgan fingerprint density at radius 3 is 2.68 bits per heavy atom. The highest BCUT2D eigenvalue weighted by molar-refractivity contribution is 14.1. The van der Waals surface area contributed by atoms with Crippen molar-refractivity contribution in [3.05, 3.63) is 56.4 Å². The number of halogens is 4. The minimum atomic E-state index is -1.43. The van der Waals surface area contributed by atoms with Crippen molar-refractivity contribution in [2.45, 2.75) is 0 Å². The van der Waals surface area contributed by atoms with Crippen LogP contribution in [0, 0.1) is 21.0 Å². The summed E-state index contributed by atoms with van der Waals surface area (Å²) >= 11 is 1.89. The molecule has 0 radical (unpaired) electrons. The molecule has 0 heterocycles. The van der Waals surface area contributed by atoms with Crippen LogP contribution in [0.2, 0.25) is 0 Å². The first kappa shape index (κ1) is 21.9. The second-order valence-corrected chi connectivity index (χ2v) is 6.43. The number of hydrogen-bond acceptors (Lipinski definition) is 6. The van der Waals surface area contributed by atoms with E-state index in [1.54, 1.807) is 6.07 Å². The average molecular weight is 509 g/mol. The van der Waals surface area contributed by atoms with Gasteiger partial charge < -0.3 is 15.3 Å². The number of oxime groups is 1. The number of hydrogen-bond donors (Lipinski definition) is 3. The molecule has 150 valence electrons. The molecule has 3 N–H and O–H groups in total. The molecule has 7 nitrogen and oxygen atoms in total. The molecule has 0 unspecified atom stereocenters. The number of aliphatic hydroxyl groups excluding tert-OH is 1. The van der Waals surface area contributed by atoms with Gasteiger partial charge in [-0.15, -0.1) is 0 Å². The molecule has 0 aliphatic rings. The topological polar surface area (TPSA) is 92.2 Å². The van der Waals surface area contributed by atoms with Crippen LogP contribution in [-0.4, -0.2) is 37.6 Å². The first-order valence-electron chi connectivity index (χ1n) is 7.72. The van der Waals surface area contributed by atoms with Crippen molar-refractivity contribution in [1.29, 1.82) is 0 Å². The van der Waals surface area contributed by atoms with Gasteiger partial charge in [0.05, 0.1) is 36.4 Å². The van der Waals surface area contributed by atoms with Gasteiger partial charge in [0.15, 0.2) is 11.6 Å². The van der Waals surface area contributed by atoms with Gasteiger partial charge in [0, 0.05) is 9.13 Å². The monoisotopic (exact) mass is 509 g/mol. The van der Waals surface area contributed by atoms with Crippen molar-refractivity contribution in [2.24, 2.45) is 5.16 Å². The van der Waals surface area contributed by atoms with Gasteiger partial charge in [0.1, 0.15) is 12.9 Å². The second-order valence-electron chi connectivity index (χ2n) is 5.19. The number of carbonyl (C=O) groups is 1. The van der Waals surface area contributed by atoms with E-state index in [1.165, 1.54) is 19.2 Å². The van der Waals surface area contributed by atoms with Crippen LogP contribution in [0.25, 0.3) is 0 Å². The predicted molar refractivity (Wildman–Crippen MR) is 104 cm³/mol. The van der Waals surface area contributed by atoms with E-state index in [-0.39, 0.29) is 30.0 Å². The maximum Gasteiger partial charge on any atom is 0.277 e. The first-order chi connectivity index (χ1) is 13.4. The van der Waals surface area contributed by atoms with Gasteiger partial charge >= 0.3 is 0 Å². The number of anilines is 2. The van der Waals surface area contributed by atoms with E-state index in [0.717, 1.165) is 12.3 Å². The Balaban J connectivity index is 2.52. The zero-order chi connectivity index (χ0) is 20.7. The van der Waals surface area contributed by atoms with E-state index < -0.39 is 29.0 Å². The highest BCUT2D eigenvalue weighted by atomic mass is 127. The van der Waals surface area contributed by atoms with Crippen LogP contribution >= 0.6 is 22.6 Å². The van der Waals surface area contributed by atoms with E-state index in [2.05, 4.69) is 15.3 Å².